The Morgan fingerprint density at radius 1 is 1.17 bits per heavy atom. The quantitative estimate of drug-likeness (QED) is 0.855. The number of amides is 1. The number of carboxylic acids is 1. The van der Waals surface area contributed by atoms with Crippen LogP contribution in [0.5, 0.6) is 0 Å². The van der Waals surface area contributed by atoms with Crippen molar-refractivity contribution in [1.82, 2.24) is 5.32 Å². The van der Waals surface area contributed by atoms with Gasteiger partial charge in [-0.15, -0.1) is 0 Å². The van der Waals surface area contributed by atoms with Crippen molar-refractivity contribution in [2.45, 2.75) is 31.7 Å². The summed E-state index contributed by atoms with van der Waals surface area (Å²) in [6.45, 7) is 0. The predicted octanol–water partition coefficient (Wildman–Crippen LogP) is 2.06. The Bertz CT molecular complexity index is 424. The third-order valence-electron chi connectivity index (χ3n) is 3.46. The topological polar surface area (TPSA) is 66.4 Å². The minimum Gasteiger partial charge on any atom is -0.480 e. The molecule has 0 saturated heterocycles. The summed E-state index contributed by atoms with van der Waals surface area (Å²) in [4.78, 5) is 23.2. The number of hydrogen-bond donors (Lipinski definition) is 2. The zero-order valence-electron chi connectivity index (χ0n) is 10.1. The molecule has 4 nitrogen and oxygen atoms in total. The molecule has 1 aromatic carbocycles. The molecule has 18 heavy (non-hydrogen) atoms. The summed E-state index contributed by atoms with van der Waals surface area (Å²) in [5.41, 5.74) is 0.502. The highest BCUT2D eigenvalue weighted by Crippen LogP contribution is 2.28. The highest BCUT2D eigenvalue weighted by molar-refractivity contribution is 5.96. The van der Waals surface area contributed by atoms with E-state index in [1.807, 2.05) is 6.07 Å². The predicted molar refractivity (Wildman–Crippen MR) is 67.3 cm³/mol. The average molecular weight is 247 g/mol. The molecule has 96 valence electrons. The van der Waals surface area contributed by atoms with Crippen LogP contribution in [0, 0.1) is 5.92 Å². The number of hydrogen-bond acceptors (Lipinski definition) is 2. The summed E-state index contributed by atoms with van der Waals surface area (Å²) in [5, 5.41) is 11.9. The molecule has 0 aliphatic heterocycles. The molecule has 0 bridgehead atoms. The van der Waals surface area contributed by atoms with Crippen LogP contribution in [0.4, 0.5) is 0 Å². The number of carboxylic acid groups (broad SMARTS) is 1. The fourth-order valence-electron chi connectivity index (χ4n) is 2.49. The van der Waals surface area contributed by atoms with Crippen molar-refractivity contribution in [3.05, 3.63) is 35.9 Å². The number of benzene rings is 1. The Labute approximate surface area is 106 Å². The van der Waals surface area contributed by atoms with Gasteiger partial charge in [0.1, 0.15) is 6.04 Å². The summed E-state index contributed by atoms with van der Waals surface area (Å²) in [6, 6.07) is 7.95. The van der Waals surface area contributed by atoms with Gasteiger partial charge in [-0.25, -0.2) is 4.79 Å². The molecule has 1 fully saturated rings. The van der Waals surface area contributed by atoms with Gasteiger partial charge in [0.25, 0.3) is 5.91 Å². The third-order valence-corrected chi connectivity index (χ3v) is 3.46. The van der Waals surface area contributed by atoms with Gasteiger partial charge in [-0.1, -0.05) is 31.0 Å². The van der Waals surface area contributed by atoms with Crippen LogP contribution in [0.1, 0.15) is 36.0 Å². The van der Waals surface area contributed by atoms with E-state index in [4.69, 9.17) is 0 Å². The van der Waals surface area contributed by atoms with Gasteiger partial charge in [0.05, 0.1) is 0 Å². The summed E-state index contributed by atoms with van der Waals surface area (Å²) >= 11 is 0. The van der Waals surface area contributed by atoms with Crippen LogP contribution < -0.4 is 5.32 Å². The van der Waals surface area contributed by atoms with Crippen molar-refractivity contribution in [3.8, 4) is 0 Å². The van der Waals surface area contributed by atoms with Crippen molar-refractivity contribution in [3.63, 3.8) is 0 Å². The van der Waals surface area contributed by atoms with E-state index in [-0.39, 0.29) is 11.8 Å². The maximum Gasteiger partial charge on any atom is 0.326 e. The monoisotopic (exact) mass is 247 g/mol. The van der Waals surface area contributed by atoms with E-state index in [0.717, 1.165) is 25.7 Å². The molecule has 2 rings (SSSR count). The number of carbonyl (C=O) groups excluding carboxylic acids is 1. The maximum atomic E-state index is 11.9. The lowest BCUT2D eigenvalue weighted by Gasteiger charge is -2.20. The van der Waals surface area contributed by atoms with Gasteiger partial charge in [-0.3, -0.25) is 4.79 Å². The number of carbonyl (C=O) groups is 2. The van der Waals surface area contributed by atoms with Gasteiger partial charge in [0, 0.05) is 5.56 Å². The first-order valence-corrected chi connectivity index (χ1v) is 6.27. The Morgan fingerprint density at radius 3 is 2.33 bits per heavy atom. The van der Waals surface area contributed by atoms with Crippen molar-refractivity contribution in [2.75, 3.05) is 0 Å². The van der Waals surface area contributed by atoms with E-state index in [1.54, 1.807) is 24.3 Å². The molecule has 0 unspecified atom stereocenters. The molecule has 1 atom stereocenters. The van der Waals surface area contributed by atoms with Crippen molar-refractivity contribution in [1.29, 1.82) is 0 Å². The van der Waals surface area contributed by atoms with Gasteiger partial charge >= 0.3 is 5.97 Å². The molecule has 1 amide bonds. The summed E-state index contributed by atoms with van der Waals surface area (Å²) in [6.07, 6.45) is 3.86. The van der Waals surface area contributed by atoms with Gasteiger partial charge in [0.15, 0.2) is 0 Å². The van der Waals surface area contributed by atoms with E-state index < -0.39 is 12.0 Å². The average Bonchev–Trinajstić information content (AvgIpc) is 2.90. The Morgan fingerprint density at radius 2 is 1.78 bits per heavy atom. The minimum absolute atomic E-state index is 0.0650. The van der Waals surface area contributed by atoms with E-state index in [1.165, 1.54) is 0 Å². The van der Waals surface area contributed by atoms with Crippen LogP contribution in [-0.2, 0) is 4.79 Å². The highest BCUT2D eigenvalue weighted by Gasteiger charge is 2.31. The standard InChI is InChI=1S/C14H17NO3/c16-13(11-8-2-1-3-9-11)15-12(14(17)18)10-6-4-5-7-10/h1-3,8-10,12H,4-7H2,(H,15,16)(H,17,18)/t12-/m0/s1. The van der Waals surface area contributed by atoms with Gasteiger partial charge in [-0.05, 0) is 30.9 Å². The molecule has 1 aliphatic carbocycles. The molecule has 0 aromatic heterocycles. The second-order valence-corrected chi connectivity index (χ2v) is 4.70. The fourth-order valence-corrected chi connectivity index (χ4v) is 2.49. The summed E-state index contributed by atoms with van der Waals surface area (Å²) < 4.78 is 0. The third kappa shape index (κ3) is 2.88. The van der Waals surface area contributed by atoms with Crippen molar-refractivity contribution in [2.24, 2.45) is 5.92 Å². The van der Waals surface area contributed by atoms with Crippen LogP contribution in [0.15, 0.2) is 30.3 Å². The second kappa shape index (κ2) is 5.67. The largest absolute Gasteiger partial charge is 0.480 e. The van der Waals surface area contributed by atoms with E-state index in [2.05, 4.69) is 5.32 Å². The molecule has 0 spiro atoms. The molecule has 1 aromatic rings. The lowest BCUT2D eigenvalue weighted by atomic mass is 9.98. The van der Waals surface area contributed by atoms with E-state index >= 15 is 0 Å². The Hall–Kier alpha value is -1.84. The molecule has 0 radical (unpaired) electrons. The summed E-state index contributed by atoms with van der Waals surface area (Å²) in [5.74, 6) is -1.18. The van der Waals surface area contributed by atoms with Crippen molar-refractivity contribution < 1.29 is 14.7 Å². The number of nitrogens with one attached hydrogen (secondary N) is 1. The Kier molecular flexibility index (Phi) is 3.97. The van der Waals surface area contributed by atoms with E-state index in [9.17, 15) is 14.7 Å². The van der Waals surface area contributed by atoms with Crippen LogP contribution in [-0.4, -0.2) is 23.0 Å². The van der Waals surface area contributed by atoms with Gasteiger partial charge in [-0.2, -0.15) is 0 Å². The molecule has 2 N–H and O–H groups in total. The first-order chi connectivity index (χ1) is 8.68. The van der Waals surface area contributed by atoms with Crippen LogP contribution in [0.25, 0.3) is 0 Å². The van der Waals surface area contributed by atoms with E-state index in [0.29, 0.717) is 5.56 Å². The lowest BCUT2D eigenvalue weighted by Crippen LogP contribution is -2.45. The fraction of sp³-hybridized carbons (Fsp3) is 0.429. The van der Waals surface area contributed by atoms with Crippen LogP contribution in [0.3, 0.4) is 0 Å². The number of aliphatic carboxylic acids is 1. The molecule has 4 heteroatoms. The first kappa shape index (κ1) is 12.6. The zero-order valence-corrected chi connectivity index (χ0v) is 10.1. The normalized spacial score (nSPS) is 17.3. The van der Waals surface area contributed by atoms with Gasteiger partial charge in [0.2, 0.25) is 0 Å². The van der Waals surface area contributed by atoms with Crippen LogP contribution in [0.2, 0.25) is 0 Å². The number of rotatable bonds is 4. The highest BCUT2D eigenvalue weighted by atomic mass is 16.4. The molecular weight excluding hydrogens is 230 g/mol. The first-order valence-electron chi connectivity index (χ1n) is 6.27. The maximum absolute atomic E-state index is 11.9. The SMILES string of the molecule is O=C(N[C@H](C(=O)O)C1CCCC1)c1ccccc1. The molecule has 0 heterocycles. The van der Waals surface area contributed by atoms with Crippen LogP contribution >= 0.6 is 0 Å². The molecule has 1 aliphatic rings. The zero-order chi connectivity index (χ0) is 13.0. The van der Waals surface area contributed by atoms with Gasteiger partial charge < -0.3 is 10.4 Å². The minimum atomic E-state index is -0.939. The Balaban J connectivity index is 2.05. The van der Waals surface area contributed by atoms with Crippen molar-refractivity contribution >= 4 is 11.9 Å². The summed E-state index contributed by atoms with van der Waals surface area (Å²) in [7, 11) is 0. The second-order valence-electron chi connectivity index (χ2n) is 4.70. The molecular formula is C14H17NO3. The lowest BCUT2D eigenvalue weighted by molar-refractivity contribution is -0.140. The smallest absolute Gasteiger partial charge is 0.326 e. The molecule has 1 saturated carbocycles.